The maximum absolute atomic E-state index is 13.2. The van der Waals surface area contributed by atoms with Crippen molar-refractivity contribution in [3.8, 4) is 5.75 Å². The highest BCUT2D eigenvalue weighted by atomic mass is 32.2. The fraction of sp³-hybridized carbons (Fsp3) is 0.618. The predicted molar refractivity (Wildman–Crippen MR) is 171 cm³/mol. The number of nitrogens with one attached hydrogen (secondary N) is 1. The Morgan fingerprint density at radius 3 is 2.33 bits per heavy atom. The van der Waals surface area contributed by atoms with Gasteiger partial charge in [-0.3, -0.25) is 4.79 Å². The van der Waals surface area contributed by atoms with Gasteiger partial charge in [0.2, 0.25) is 15.9 Å². The van der Waals surface area contributed by atoms with Crippen LogP contribution in [0, 0.1) is 25.7 Å². The number of rotatable bonds is 15. The molecule has 2 aliphatic rings. The van der Waals surface area contributed by atoms with Gasteiger partial charge in [0.25, 0.3) is 0 Å². The van der Waals surface area contributed by atoms with Crippen LogP contribution >= 0.6 is 0 Å². The third-order valence-electron chi connectivity index (χ3n) is 9.33. The van der Waals surface area contributed by atoms with Crippen LogP contribution in [0.3, 0.4) is 0 Å². The fourth-order valence-electron chi connectivity index (χ4n) is 6.90. The lowest BCUT2D eigenvalue weighted by molar-refractivity contribution is -0.126. The largest absolute Gasteiger partial charge is 0.497 e. The van der Waals surface area contributed by atoms with Gasteiger partial charge in [0, 0.05) is 26.2 Å². The Kier molecular flexibility index (Phi) is 12.5. The molecule has 2 fully saturated rings. The molecule has 8 nitrogen and oxygen atoms in total. The van der Waals surface area contributed by atoms with Gasteiger partial charge in [-0.1, -0.05) is 30.3 Å². The van der Waals surface area contributed by atoms with Crippen LogP contribution in [-0.4, -0.2) is 83.1 Å². The van der Waals surface area contributed by atoms with E-state index in [1.54, 1.807) is 33.1 Å². The summed E-state index contributed by atoms with van der Waals surface area (Å²) in [5, 5.41) is 3.05. The van der Waals surface area contributed by atoms with Crippen LogP contribution in [0.4, 0.5) is 0 Å². The zero-order chi connectivity index (χ0) is 30.8. The minimum atomic E-state index is -3.69. The first-order valence-corrected chi connectivity index (χ1v) is 17.4. The van der Waals surface area contributed by atoms with Crippen LogP contribution in [0.2, 0.25) is 0 Å². The van der Waals surface area contributed by atoms with E-state index in [1.807, 2.05) is 0 Å². The van der Waals surface area contributed by atoms with Gasteiger partial charge in [0.15, 0.2) is 0 Å². The number of benzene rings is 2. The molecule has 1 unspecified atom stereocenters. The Labute approximate surface area is 259 Å². The molecule has 1 aliphatic heterocycles. The minimum Gasteiger partial charge on any atom is -0.497 e. The summed E-state index contributed by atoms with van der Waals surface area (Å²) in [6, 6.07) is 15.0. The van der Waals surface area contributed by atoms with Crippen LogP contribution < -0.4 is 10.1 Å². The third-order valence-corrected chi connectivity index (χ3v) is 11.5. The van der Waals surface area contributed by atoms with Crippen molar-refractivity contribution >= 4 is 15.9 Å². The van der Waals surface area contributed by atoms with E-state index >= 15 is 0 Å². The number of nitrogens with zero attached hydrogens (tertiary/aromatic N) is 2. The molecule has 43 heavy (non-hydrogen) atoms. The molecule has 1 atom stereocenters. The van der Waals surface area contributed by atoms with E-state index in [0.29, 0.717) is 35.4 Å². The summed E-state index contributed by atoms with van der Waals surface area (Å²) in [5.74, 6) is 1.72. The van der Waals surface area contributed by atoms with Crippen molar-refractivity contribution in [2.75, 3.05) is 53.6 Å². The first kappa shape index (κ1) is 33.4. The van der Waals surface area contributed by atoms with Crippen molar-refractivity contribution in [1.29, 1.82) is 0 Å². The van der Waals surface area contributed by atoms with Crippen molar-refractivity contribution < 1.29 is 22.7 Å². The SMILES string of the molecule is COc1cc(C)c(S(=O)(=O)N(C)CCOCC(=O)NCC2CCC(C(CCc3ccccc3)N3CCCC3)CC2)c(C)c1. The maximum atomic E-state index is 13.2. The topological polar surface area (TPSA) is 88.2 Å². The number of methoxy groups -OCH3 is 1. The molecule has 0 spiro atoms. The number of carbonyl (C=O) groups is 1. The van der Waals surface area contributed by atoms with Gasteiger partial charge >= 0.3 is 0 Å². The van der Waals surface area contributed by atoms with E-state index in [9.17, 15) is 13.2 Å². The number of hydrogen-bond acceptors (Lipinski definition) is 6. The summed E-state index contributed by atoms with van der Waals surface area (Å²) < 4.78 is 38.4. The third kappa shape index (κ3) is 9.27. The van der Waals surface area contributed by atoms with E-state index in [0.717, 1.165) is 25.2 Å². The van der Waals surface area contributed by atoms with Crippen molar-refractivity contribution in [2.24, 2.45) is 11.8 Å². The second-order valence-electron chi connectivity index (χ2n) is 12.4. The molecule has 0 aromatic heterocycles. The standard InChI is InChI=1S/C34H51N3O5S/c1-26-22-31(41-4)23-27(2)34(26)43(39,40)36(3)20-21-42-25-33(38)35-24-29-12-15-30(16-13-29)32(37-18-8-9-19-37)17-14-28-10-6-5-7-11-28/h5-7,10-11,22-23,29-30,32H,8-9,12-21,24-25H2,1-4H3,(H,35,38). The Morgan fingerprint density at radius 2 is 1.70 bits per heavy atom. The lowest BCUT2D eigenvalue weighted by atomic mass is 9.76. The quantitative estimate of drug-likeness (QED) is 0.286. The number of carbonyl (C=O) groups excluding carboxylic acids is 1. The number of likely N-dealkylation sites (tertiary alicyclic amines) is 1. The van der Waals surface area contributed by atoms with Crippen molar-refractivity contribution in [2.45, 2.75) is 76.2 Å². The molecule has 0 radical (unpaired) electrons. The summed E-state index contributed by atoms with van der Waals surface area (Å²) in [7, 11) is -0.593. The molecular weight excluding hydrogens is 562 g/mol. The molecule has 1 heterocycles. The Bertz CT molecular complexity index is 1250. The summed E-state index contributed by atoms with van der Waals surface area (Å²) in [4.78, 5) is 15.5. The number of likely N-dealkylation sites (N-methyl/N-ethyl adjacent to an activating group) is 1. The molecule has 238 valence electrons. The molecule has 4 rings (SSSR count). The average molecular weight is 614 g/mol. The van der Waals surface area contributed by atoms with Crippen LogP contribution in [0.25, 0.3) is 0 Å². The molecule has 1 N–H and O–H groups in total. The number of sulfonamides is 1. The monoisotopic (exact) mass is 613 g/mol. The smallest absolute Gasteiger partial charge is 0.246 e. The van der Waals surface area contributed by atoms with Crippen LogP contribution in [0.15, 0.2) is 47.4 Å². The summed E-state index contributed by atoms with van der Waals surface area (Å²) in [5.41, 5.74) is 2.70. The van der Waals surface area contributed by atoms with Gasteiger partial charge in [-0.25, -0.2) is 8.42 Å². The molecule has 9 heteroatoms. The van der Waals surface area contributed by atoms with Crippen molar-refractivity contribution in [3.63, 3.8) is 0 Å². The van der Waals surface area contributed by atoms with E-state index < -0.39 is 10.0 Å². The van der Waals surface area contributed by atoms with Crippen LogP contribution in [0.5, 0.6) is 5.75 Å². The zero-order valence-electron chi connectivity index (χ0n) is 26.5. The Morgan fingerprint density at radius 1 is 1.05 bits per heavy atom. The number of amides is 1. The molecular formula is C34H51N3O5S. The van der Waals surface area contributed by atoms with Gasteiger partial charge in [-0.15, -0.1) is 0 Å². The zero-order valence-corrected chi connectivity index (χ0v) is 27.3. The van der Waals surface area contributed by atoms with Crippen LogP contribution in [0.1, 0.15) is 61.6 Å². The molecule has 1 amide bonds. The summed E-state index contributed by atoms with van der Waals surface area (Å²) in [6.45, 7) is 6.91. The van der Waals surface area contributed by atoms with Gasteiger partial charge in [0.05, 0.1) is 18.6 Å². The minimum absolute atomic E-state index is 0.0691. The van der Waals surface area contributed by atoms with Crippen molar-refractivity contribution in [1.82, 2.24) is 14.5 Å². The van der Waals surface area contributed by atoms with Gasteiger partial charge in [0.1, 0.15) is 12.4 Å². The average Bonchev–Trinajstić information content (AvgIpc) is 3.53. The van der Waals surface area contributed by atoms with Crippen molar-refractivity contribution in [3.05, 3.63) is 59.2 Å². The maximum Gasteiger partial charge on any atom is 0.246 e. The second-order valence-corrected chi connectivity index (χ2v) is 14.4. The number of aryl methyl sites for hydroxylation is 3. The molecule has 1 aliphatic carbocycles. The first-order chi connectivity index (χ1) is 20.7. The molecule has 0 bridgehead atoms. The van der Waals surface area contributed by atoms with Gasteiger partial charge < -0.3 is 19.7 Å². The molecule has 2 aromatic carbocycles. The highest BCUT2D eigenvalue weighted by Crippen LogP contribution is 2.35. The summed E-state index contributed by atoms with van der Waals surface area (Å²) in [6.07, 6.45) is 9.74. The number of ether oxygens (including phenoxy) is 2. The van der Waals surface area contributed by atoms with Crippen LogP contribution in [-0.2, 0) is 26.0 Å². The molecule has 2 aromatic rings. The predicted octanol–water partition coefficient (Wildman–Crippen LogP) is 4.97. The van der Waals surface area contributed by atoms with E-state index in [4.69, 9.17) is 9.47 Å². The highest BCUT2D eigenvalue weighted by Gasteiger charge is 2.32. The lowest BCUT2D eigenvalue weighted by Crippen LogP contribution is -2.42. The van der Waals surface area contributed by atoms with Gasteiger partial charge in [-0.05, 0) is 119 Å². The number of hydrogen-bond donors (Lipinski definition) is 1. The lowest BCUT2D eigenvalue weighted by Gasteiger charge is -2.39. The summed E-state index contributed by atoms with van der Waals surface area (Å²) >= 11 is 0. The van der Waals surface area contributed by atoms with E-state index in [2.05, 4.69) is 40.5 Å². The molecule has 1 saturated carbocycles. The second kappa shape index (κ2) is 16.0. The normalized spacial score (nSPS) is 20.3. The van der Waals surface area contributed by atoms with E-state index in [1.165, 1.54) is 62.1 Å². The Balaban J connectivity index is 1.15. The fourth-order valence-corrected chi connectivity index (χ4v) is 8.46. The van der Waals surface area contributed by atoms with E-state index in [-0.39, 0.29) is 30.6 Å². The highest BCUT2D eigenvalue weighted by molar-refractivity contribution is 7.89. The first-order valence-electron chi connectivity index (χ1n) is 15.9. The molecule has 1 saturated heterocycles. The Hall–Kier alpha value is -2.46. The van der Waals surface area contributed by atoms with Gasteiger partial charge in [-0.2, -0.15) is 4.31 Å².